The van der Waals surface area contributed by atoms with E-state index >= 15 is 0 Å². The Balaban J connectivity index is 2.27. The zero-order valence-electron chi connectivity index (χ0n) is 19.3. The summed E-state index contributed by atoms with van der Waals surface area (Å²) >= 11 is 0. The van der Waals surface area contributed by atoms with Gasteiger partial charge in [0.2, 0.25) is 0 Å². The molecule has 0 aliphatic carbocycles. The summed E-state index contributed by atoms with van der Waals surface area (Å²) < 4.78 is 17.3. The minimum Gasteiger partial charge on any atom is -0.444 e. The Labute approximate surface area is 185 Å². The Kier molecular flexibility index (Phi) is 8.66. The number of aliphatic hydroxyl groups is 3. The van der Waals surface area contributed by atoms with Crippen LogP contribution < -0.4 is 0 Å². The maximum absolute atomic E-state index is 13.1. The van der Waals surface area contributed by atoms with Crippen molar-refractivity contribution in [2.45, 2.75) is 83.0 Å². The van der Waals surface area contributed by atoms with Gasteiger partial charge in [0.1, 0.15) is 24.9 Å². The van der Waals surface area contributed by atoms with Crippen LogP contribution in [0.4, 0.5) is 4.79 Å². The quantitative estimate of drug-likeness (QED) is 0.542. The van der Waals surface area contributed by atoms with Gasteiger partial charge in [-0.05, 0) is 30.6 Å². The molecule has 9 heteroatoms. The van der Waals surface area contributed by atoms with Gasteiger partial charge in [-0.3, -0.25) is 4.90 Å². The van der Waals surface area contributed by atoms with Gasteiger partial charge < -0.3 is 29.2 Å². The van der Waals surface area contributed by atoms with E-state index in [9.17, 15) is 20.1 Å². The van der Waals surface area contributed by atoms with Crippen molar-refractivity contribution in [1.29, 1.82) is 0 Å². The van der Waals surface area contributed by atoms with Crippen molar-refractivity contribution in [3.63, 3.8) is 0 Å². The van der Waals surface area contributed by atoms with Crippen LogP contribution in [-0.2, 0) is 20.5 Å². The highest BCUT2D eigenvalue weighted by atomic mass is 28.4. The highest BCUT2D eigenvalue weighted by Crippen LogP contribution is 2.37. The van der Waals surface area contributed by atoms with E-state index in [-0.39, 0.29) is 24.9 Å². The van der Waals surface area contributed by atoms with Crippen molar-refractivity contribution in [3.05, 3.63) is 35.9 Å². The van der Waals surface area contributed by atoms with E-state index in [1.165, 1.54) is 4.90 Å². The first-order valence-electron chi connectivity index (χ1n) is 10.7. The van der Waals surface area contributed by atoms with Gasteiger partial charge >= 0.3 is 6.09 Å². The molecule has 5 atom stereocenters. The summed E-state index contributed by atoms with van der Waals surface area (Å²) in [4.78, 5) is 14.2. The monoisotopic (exact) mass is 455 g/mol. The Bertz CT molecular complexity index is 710. The minimum absolute atomic E-state index is 0.00848. The van der Waals surface area contributed by atoms with Crippen LogP contribution in [-0.4, -0.2) is 78.4 Å². The summed E-state index contributed by atoms with van der Waals surface area (Å²) in [5, 5.41) is 31.5. The Morgan fingerprint density at radius 1 is 1.06 bits per heavy atom. The van der Waals surface area contributed by atoms with Gasteiger partial charge in [-0.25, -0.2) is 4.79 Å². The molecule has 8 nitrogen and oxygen atoms in total. The number of carbonyl (C=O) groups is 1. The number of hydrogen-bond donors (Lipinski definition) is 3. The molecule has 1 aliphatic heterocycles. The van der Waals surface area contributed by atoms with Crippen LogP contribution in [0.25, 0.3) is 0 Å². The van der Waals surface area contributed by atoms with Crippen LogP contribution >= 0.6 is 0 Å². The van der Waals surface area contributed by atoms with Gasteiger partial charge in [0.25, 0.3) is 0 Å². The normalized spacial score (nSPS) is 27.3. The molecule has 1 aromatic rings. The summed E-state index contributed by atoms with van der Waals surface area (Å²) in [6, 6.07) is 8.26. The third-order valence-corrected chi connectivity index (χ3v) is 10.7. The molecular formula is C22H37NO7Si. The Hall–Kier alpha value is -1.49. The van der Waals surface area contributed by atoms with Crippen molar-refractivity contribution in [2.24, 2.45) is 0 Å². The van der Waals surface area contributed by atoms with Crippen LogP contribution in [0.5, 0.6) is 0 Å². The summed E-state index contributed by atoms with van der Waals surface area (Å²) in [7, 11) is -2.21. The van der Waals surface area contributed by atoms with Crippen LogP contribution in [0.3, 0.4) is 0 Å². The van der Waals surface area contributed by atoms with Crippen molar-refractivity contribution in [2.75, 3.05) is 13.2 Å². The largest absolute Gasteiger partial charge is 0.444 e. The SMILES string of the molecule is CCOC1[C@@H](O)[C@@H](O)[C@H](O)[C@@H](CO[Si](C)(C)C(C)(C)C)N1C(=O)OCc1ccccc1. The van der Waals surface area contributed by atoms with Crippen LogP contribution in [0.2, 0.25) is 18.1 Å². The summed E-state index contributed by atoms with van der Waals surface area (Å²) in [5.41, 5.74) is 0.802. The highest BCUT2D eigenvalue weighted by Gasteiger charge is 2.52. The van der Waals surface area contributed by atoms with Gasteiger partial charge in [-0.15, -0.1) is 0 Å². The molecule has 0 aromatic heterocycles. The molecule has 176 valence electrons. The Morgan fingerprint density at radius 3 is 2.23 bits per heavy atom. The van der Waals surface area contributed by atoms with E-state index in [0.717, 1.165) is 5.56 Å². The third kappa shape index (κ3) is 6.06. The van der Waals surface area contributed by atoms with E-state index in [1.54, 1.807) is 6.92 Å². The first-order chi connectivity index (χ1) is 14.4. The second-order valence-corrected chi connectivity index (χ2v) is 14.2. The average Bonchev–Trinajstić information content (AvgIpc) is 2.71. The second kappa shape index (κ2) is 10.4. The summed E-state index contributed by atoms with van der Waals surface area (Å²) in [5.74, 6) is 0. The van der Waals surface area contributed by atoms with Crippen LogP contribution in [0.1, 0.15) is 33.3 Å². The number of piperidine rings is 1. The summed E-state index contributed by atoms with van der Waals surface area (Å²) in [6.07, 6.45) is -6.30. The number of likely N-dealkylation sites (tertiary alicyclic amines) is 1. The predicted octanol–water partition coefficient (Wildman–Crippen LogP) is 2.47. The first-order valence-corrected chi connectivity index (χ1v) is 13.6. The predicted molar refractivity (Wildman–Crippen MR) is 119 cm³/mol. The maximum atomic E-state index is 13.1. The fraction of sp³-hybridized carbons (Fsp3) is 0.682. The molecule has 1 amide bonds. The number of hydrogen-bond acceptors (Lipinski definition) is 7. The molecule has 0 spiro atoms. The van der Waals surface area contributed by atoms with Crippen LogP contribution in [0, 0.1) is 0 Å². The standard InChI is InChI=1S/C22H37NO7Si/c1-7-28-20-19(26)18(25)17(24)16(14-30-31(5,6)22(2,3)4)23(20)21(27)29-13-15-11-9-8-10-12-15/h8-12,16-20,24-26H,7,13-14H2,1-6H3/t16-,17-,18+,19+,20?/m1/s1. The molecule has 0 bridgehead atoms. The molecule has 1 saturated heterocycles. The highest BCUT2D eigenvalue weighted by molar-refractivity contribution is 6.74. The number of benzene rings is 1. The zero-order valence-corrected chi connectivity index (χ0v) is 20.3. The minimum atomic E-state index is -2.21. The number of ether oxygens (including phenoxy) is 2. The van der Waals surface area contributed by atoms with Gasteiger partial charge in [-0.1, -0.05) is 51.1 Å². The number of carbonyl (C=O) groups excluding carboxylic acids is 1. The number of amides is 1. The molecule has 31 heavy (non-hydrogen) atoms. The number of nitrogens with zero attached hydrogens (tertiary/aromatic N) is 1. The summed E-state index contributed by atoms with van der Waals surface area (Å²) in [6.45, 7) is 12.3. The fourth-order valence-electron chi connectivity index (χ4n) is 3.19. The molecule has 0 saturated carbocycles. The van der Waals surface area contributed by atoms with Crippen molar-refractivity contribution < 1.29 is 34.0 Å². The lowest BCUT2D eigenvalue weighted by atomic mass is 9.93. The molecule has 3 N–H and O–H groups in total. The van der Waals surface area contributed by atoms with Gasteiger partial charge in [0.15, 0.2) is 14.5 Å². The van der Waals surface area contributed by atoms with E-state index < -0.39 is 45.0 Å². The fourth-order valence-corrected chi connectivity index (χ4v) is 4.21. The first kappa shape index (κ1) is 25.8. The van der Waals surface area contributed by atoms with Crippen molar-refractivity contribution in [3.8, 4) is 0 Å². The zero-order chi connectivity index (χ0) is 23.4. The maximum Gasteiger partial charge on any atom is 0.412 e. The van der Waals surface area contributed by atoms with Crippen LogP contribution in [0.15, 0.2) is 30.3 Å². The van der Waals surface area contributed by atoms with Crippen molar-refractivity contribution >= 4 is 14.4 Å². The van der Waals surface area contributed by atoms with E-state index in [2.05, 4.69) is 33.9 Å². The van der Waals surface area contributed by atoms with Gasteiger partial charge in [0, 0.05) is 6.61 Å². The number of rotatable bonds is 7. The van der Waals surface area contributed by atoms with Gasteiger partial charge in [-0.2, -0.15) is 0 Å². The lowest BCUT2D eigenvalue weighted by molar-refractivity contribution is -0.226. The average molecular weight is 456 g/mol. The van der Waals surface area contributed by atoms with Crippen molar-refractivity contribution in [1.82, 2.24) is 4.90 Å². The van der Waals surface area contributed by atoms with E-state index in [0.29, 0.717) is 0 Å². The van der Waals surface area contributed by atoms with E-state index in [1.807, 2.05) is 30.3 Å². The molecule has 1 aliphatic rings. The number of aliphatic hydroxyl groups excluding tert-OH is 3. The molecule has 2 rings (SSSR count). The smallest absolute Gasteiger partial charge is 0.412 e. The van der Waals surface area contributed by atoms with E-state index in [4.69, 9.17) is 13.9 Å². The third-order valence-electron chi connectivity index (χ3n) is 6.19. The second-order valence-electron chi connectivity index (χ2n) is 9.40. The van der Waals surface area contributed by atoms with Gasteiger partial charge in [0.05, 0.1) is 12.6 Å². The Morgan fingerprint density at radius 2 is 1.68 bits per heavy atom. The topological polar surface area (TPSA) is 109 Å². The molecule has 1 aromatic carbocycles. The molecule has 1 fully saturated rings. The molecule has 1 unspecified atom stereocenters. The molecule has 0 radical (unpaired) electrons. The molecule has 1 heterocycles. The lowest BCUT2D eigenvalue weighted by Gasteiger charge is -2.48. The lowest BCUT2D eigenvalue weighted by Crippen LogP contribution is -2.69. The molecular weight excluding hydrogens is 418 g/mol.